The Morgan fingerprint density at radius 3 is 2.58 bits per heavy atom. The molecule has 3 heteroatoms. The Hall–Kier alpha value is -1.09. The predicted molar refractivity (Wildman–Crippen MR) is 81.8 cm³/mol. The van der Waals surface area contributed by atoms with Crippen molar-refractivity contribution in [2.24, 2.45) is 0 Å². The van der Waals surface area contributed by atoms with Crippen LogP contribution in [-0.4, -0.2) is 29.7 Å². The van der Waals surface area contributed by atoms with Crippen LogP contribution in [0.15, 0.2) is 18.3 Å². The number of aromatic nitrogens is 1. The largest absolute Gasteiger partial charge is 0.355 e. The van der Waals surface area contributed by atoms with Crippen molar-refractivity contribution in [2.75, 3.05) is 18.0 Å². The first-order chi connectivity index (χ1) is 8.85. The molecule has 19 heavy (non-hydrogen) atoms. The van der Waals surface area contributed by atoms with Crippen molar-refractivity contribution in [1.29, 1.82) is 0 Å². The molecule has 0 spiro atoms. The third-order valence-corrected chi connectivity index (χ3v) is 3.59. The lowest BCUT2D eigenvalue weighted by molar-refractivity contribution is 0.373. The Labute approximate surface area is 117 Å². The first kappa shape index (κ1) is 14.3. The van der Waals surface area contributed by atoms with Gasteiger partial charge in [-0.05, 0) is 44.7 Å². The van der Waals surface area contributed by atoms with Crippen LogP contribution in [0.1, 0.15) is 52.5 Å². The summed E-state index contributed by atoms with van der Waals surface area (Å²) in [5.74, 6) is 1.66. The average Bonchev–Trinajstić information content (AvgIpc) is 2.75. The van der Waals surface area contributed by atoms with Crippen molar-refractivity contribution < 1.29 is 0 Å². The number of rotatable bonds is 3. The summed E-state index contributed by atoms with van der Waals surface area (Å²) in [6.07, 6.45) is 3.22. The molecule has 2 rings (SSSR count). The van der Waals surface area contributed by atoms with E-state index in [4.69, 9.17) is 0 Å². The van der Waals surface area contributed by atoms with Crippen LogP contribution in [0.2, 0.25) is 0 Å². The molecule has 3 nitrogen and oxygen atoms in total. The van der Waals surface area contributed by atoms with Crippen LogP contribution in [0.25, 0.3) is 0 Å². The van der Waals surface area contributed by atoms with Gasteiger partial charge in [0.1, 0.15) is 5.82 Å². The van der Waals surface area contributed by atoms with Crippen molar-refractivity contribution >= 4 is 5.82 Å². The minimum atomic E-state index is 0.190. The van der Waals surface area contributed by atoms with Gasteiger partial charge in [0.2, 0.25) is 0 Å². The van der Waals surface area contributed by atoms with E-state index >= 15 is 0 Å². The van der Waals surface area contributed by atoms with E-state index in [9.17, 15) is 0 Å². The molecule has 0 amide bonds. The summed E-state index contributed by atoms with van der Waals surface area (Å²) in [6, 6.07) is 4.94. The first-order valence-electron chi connectivity index (χ1n) is 7.34. The Kier molecular flexibility index (Phi) is 4.14. The number of hydrogen-bond acceptors (Lipinski definition) is 3. The smallest absolute Gasteiger partial charge is 0.128 e. The molecule has 0 saturated carbocycles. The molecule has 1 aromatic heterocycles. The summed E-state index contributed by atoms with van der Waals surface area (Å²) in [4.78, 5) is 6.99. The number of anilines is 1. The molecule has 1 N–H and O–H groups in total. The number of hydrogen-bond donors (Lipinski definition) is 1. The van der Waals surface area contributed by atoms with Gasteiger partial charge in [0.25, 0.3) is 0 Å². The van der Waals surface area contributed by atoms with Gasteiger partial charge >= 0.3 is 0 Å². The van der Waals surface area contributed by atoms with Gasteiger partial charge < -0.3 is 10.2 Å². The van der Waals surface area contributed by atoms with Gasteiger partial charge in [-0.15, -0.1) is 0 Å². The van der Waals surface area contributed by atoms with Crippen molar-refractivity contribution in [3.05, 3.63) is 23.9 Å². The van der Waals surface area contributed by atoms with E-state index in [-0.39, 0.29) is 5.54 Å². The highest BCUT2D eigenvalue weighted by Gasteiger charge is 2.26. The van der Waals surface area contributed by atoms with Crippen LogP contribution in [-0.2, 0) is 0 Å². The van der Waals surface area contributed by atoms with Gasteiger partial charge in [-0.1, -0.05) is 19.9 Å². The molecule has 2 heterocycles. The first-order valence-corrected chi connectivity index (χ1v) is 7.34. The zero-order chi connectivity index (χ0) is 14.0. The maximum absolute atomic E-state index is 4.61. The van der Waals surface area contributed by atoms with Crippen LogP contribution < -0.4 is 10.2 Å². The van der Waals surface area contributed by atoms with E-state index in [1.807, 2.05) is 6.20 Å². The van der Waals surface area contributed by atoms with Gasteiger partial charge in [-0.2, -0.15) is 0 Å². The molecule has 0 aromatic carbocycles. The molecular formula is C16H27N3. The molecule has 1 aromatic rings. The van der Waals surface area contributed by atoms with Crippen LogP contribution in [0.3, 0.4) is 0 Å². The molecule has 1 atom stereocenters. The minimum Gasteiger partial charge on any atom is -0.355 e. The zero-order valence-corrected chi connectivity index (χ0v) is 12.9. The summed E-state index contributed by atoms with van der Waals surface area (Å²) < 4.78 is 0. The second-order valence-electron chi connectivity index (χ2n) is 6.93. The Bertz CT molecular complexity index is 403. The fraction of sp³-hybridized carbons (Fsp3) is 0.688. The molecule has 1 unspecified atom stereocenters. The van der Waals surface area contributed by atoms with Gasteiger partial charge in [-0.3, -0.25) is 0 Å². The fourth-order valence-electron chi connectivity index (χ4n) is 2.62. The maximum atomic E-state index is 4.61. The van der Waals surface area contributed by atoms with Gasteiger partial charge in [-0.25, -0.2) is 4.98 Å². The van der Waals surface area contributed by atoms with E-state index in [2.05, 4.69) is 62.0 Å². The summed E-state index contributed by atoms with van der Waals surface area (Å²) in [5.41, 5.74) is 1.50. The lowest BCUT2D eigenvalue weighted by Gasteiger charge is -2.26. The molecular weight excluding hydrogens is 234 g/mol. The fourth-order valence-corrected chi connectivity index (χ4v) is 2.62. The second kappa shape index (κ2) is 5.49. The second-order valence-corrected chi connectivity index (χ2v) is 6.93. The van der Waals surface area contributed by atoms with Crippen LogP contribution in [0.5, 0.6) is 0 Å². The molecule has 0 radical (unpaired) electrons. The van der Waals surface area contributed by atoms with Crippen LogP contribution in [0, 0.1) is 0 Å². The minimum absolute atomic E-state index is 0.190. The maximum Gasteiger partial charge on any atom is 0.128 e. The topological polar surface area (TPSA) is 28.2 Å². The van der Waals surface area contributed by atoms with E-state index in [1.54, 1.807) is 0 Å². The SMILES string of the molecule is CC(C)c1ccc(N2CCC(NC(C)(C)C)C2)nc1. The van der Waals surface area contributed by atoms with Crippen LogP contribution >= 0.6 is 0 Å². The highest BCUT2D eigenvalue weighted by molar-refractivity contribution is 5.41. The third-order valence-electron chi connectivity index (χ3n) is 3.59. The molecule has 0 aliphatic carbocycles. The lowest BCUT2D eigenvalue weighted by Crippen LogP contribution is -2.44. The van der Waals surface area contributed by atoms with Crippen LogP contribution in [0.4, 0.5) is 5.82 Å². The van der Waals surface area contributed by atoms with Crippen molar-refractivity contribution in [3.8, 4) is 0 Å². The average molecular weight is 261 g/mol. The Morgan fingerprint density at radius 2 is 2.05 bits per heavy atom. The molecule has 1 aliphatic rings. The molecule has 106 valence electrons. The van der Waals surface area contributed by atoms with Gasteiger partial charge in [0.15, 0.2) is 0 Å². The van der Waals surface area contributed by atoms with Gasteiger partial charge in [0, 0.05) is 30.9 Å². The number of nitrogens with zero attached hydrogens (tertiary/aromatic N) is 2. The van der Waals surface area contributed by atoms with E-state index in [1.165, 1.54) is 12.0 Å². The lowest BCUT2D eigenvalue weighted by atomic mass is 10.1. The molecule has 1 saturated heterocycles. The van der Waals surface area contributed by atoms with Crippen molar-refractivity contribution in [3.63, 3.8) is 0 Å². The molecule has 0 bridgehead atoms. The third kappa shape index (κ3) is 3.93. The molecule has 1 aliphatic heterocycles. The summed E-state index contributed by atoms with van der Waals surface area (Å²) in [7, 11) is 0. The summed E-state index contributed by atoms with van der Waals surface area (Å²) in [5, 5.41) is 3.68. The Balaban J connectivity index is 1.97. The molecule has 1 fully saturated rings. The summed E-state index contributed by atoms with van der Waals surface area (Å²) in [6.45, 7) is 13.3. The number of nitrogens with one attached hydrogen (secondary N) is 1. The van der Waals surface area contributed by atoms with Gasteiger partial charge in [0.05, 0.1) is 0 Å². The predicted octanol–water partition coefficient (Wildman–Crippen LogP) is 3.17. The summed E-state index contributed by atoms with van der Waals surface area (Å²) >= 11 is 0. The standard InChI is InChI=1S/C16H27N3/c1-12(2)13-6-7-15(17-10-13)19-9-8-14(11-19)18-16(3,4)5/h6-7,10,12,14,18H,8-9,11H2,1-5H3. The van der Waals surface area contributed by atoms with Crippen molar-refractivity contribution in [1.82, 2.24) is 10.3 Å². The van der Waals surface area contributed by atoms with E-state index in [0.29, 0.717) is 12.0 Å². The van der Waals surface area contributed by atoms with E-state index < -0.39 is 0 Å². The Morgan fingerprint density at radius 1 is 1.32 bits per heavy atom. The number of pyridine rings is 1. The van der Waals surface area contributed by atoms with E-state index in [0.717, 1.165) is 18.9 Å². The highest BCUT2D eigenvalue weighted by Crippen LogP contribution is 2.21. The normalized spacial score (nSPS) is 20.3. The zero-order valence-electron chi connectivity index (χ0n) is 12.9. The highest BCUT2D eigenvalue weighted by atomic mass is 15.2. The quantitative estimate of drug-likeness (QED) is 0.906. The monoisotopic (exact) mass is 261 g/mol. The van der Waals surface area contributed by atoms with Crippen molar-refractivity contribution in [2.45, 2.75) is 58.5 Å².